The van der Waals surface area contributed by atoms with Gasteiger partial charge in [0, 0.05) is 6.54 Å². The van der Waals surface area contributed by atoms with Crippen molar-refractivity contribution in [3.8, 4) is 0 Å². The van der Waals surface area contributed by atoms with Crippen molar-refractivity contribution >= 4 is 11.6 Å². The van der Waals surface area contributed by atoms with Gasteiger partial charge >= 0.3 is 0 Å². The third-order valence-electron chi connectivity index (χ3n) is 2.66. The highest BCUT2D eigenvalue weighted by Crippen LogP contribution is 2.11. The van der Waals surface area contributed by atoms with E-state index in [1.807, 2.05) is 6.92 Å². The molecule has 4 nitrogen and oxygen atoms in total. The van der Waals surface area contributed by atoms with Crippen molar-refractivity contribution in [1.29, 1.82) is 0 Å². The van der Waals surface area contributed by atoms with E-state index in [-0.39, 0.29) is 5.82 Å². The van der Waals surface area contributed by atoms with Crippen molar-refractivity contribution in [2.45, 2.75) is 13.3 Å². The molecule has 0 atom stereocenters. The molecule has 0 radical (unpaired) electrons. The maximum absolute atomic E-state index is 12.9. The molecule has 5 heteroatoms. The molecule has 2 rings (SSSR count). The Kier molecular flexibility index (Phi) is 3.72. The first-order valence-corrected chi connectivity index (χ1v) is 5.71. The molecule has 3 N–H and O–H groups in total. The fourth-order valence-electron chi connectivity index (χ4n) is 1.73. The highest BCUT2D eigenvalue weighted by Gasteiger charge is 2.01. The second-order valence-corrected chi connectivity index (χ2v) is 4.08. The van der Waals surface area contributed by atoms with Gasteiger partial charge in [-0.15, -0.1) is 0 Å². The fraction of sp³-hybridized carbons (Fsp3) is 0.231. The van der Waals surface area contributed by atoms with Crippen molar-refractivity contribution in [1.82, 2.24) is 9.97 Å². The molecule has 0 saturated carbocycles. The number of nitrogen functional groups attached to an aromatic ring is 1. The molecule has 1 heterocycles. The van der Waals surface area contributed by atoms with Crippen LogP contribution in [0.4, 0.5) is 16.0 Å². The molecule has 0 aliphatic heterocycles. The van der Waals surface area contributed by atoms with Crippen LogP contribution in [-0.2, 0) is 6.42 Å². The van der Waals surface area contributed by atoms with Gasteiger partial charge in [0.1, 0.15) is 17.5 Å². The van der Waals surface area contributed by atoms with Gasteiger partial charge in [0.2, 0.25) is 0 Å². The number of nitrogens with one attached hydrogen (secondary N) is 1. The standard InChI is InChI=1S/C13H15FN4/c1-9-6-11(14)3-2-10(9)4-5-17-13-8-16-7-12(15)18-13/h2-3,6-8H,4-5H2,1H3,(H3,15,17,18). The Labute approximate surface area is 105 Å². The first kappa shape index (κ1) is 12.3. The Bertz CT molecular complexity index is 542. The molecule has 1 aromatic carbocycles. The van der Waals surface area contributed by atoms with Gasteiger partial charge in [-0.25, -0.2) is 9.37 Å². The van der Waals surface area contributed by atoms with Crippen LogP contribution in [0.3, 0.4) is 0 Å². The molecule has 0 fully saturated rings. The number of hydrogen-bond acceptors (Lipinski definition) is 4. The number of benzene rings is 1. The van der Waals surface area contributed by atoms with Crippen LogP contribution >= 0.6 is 0 Å². The van der Waals surface area contributed by atoms with Crippen molar-refractivity contribution in [3.05, 3.63) is 47.5 Å². The molecule has 1 aromatic heterocycles. The average Bonchev–Trinajstić information content (AvgIpc) is 2.32. The summed E-state index contributed by atoms with van der Waals surface area (Å²) in [6.45, 7) is 2.60. The van der Waals surface area contributed by atoms with Gasteiger partial charge in [-0.05, 0) is 36.6 Å². The Morgan fingerprint density at radius 2 is 2.17 bits per heavy atom. The average molecular weight is 246 g/mol. The molecule has 0 aliphatic carbocycles. The summed E-state index contributed by atoms with van der Waals surface area (Å²) in [5.41, 5.74) is 7.59. The van der Waals surface area contributed by atoms with Gasteiger partial charge in [0.25, 0.3) is 0 Å². The lowest BCUT2D eigenvalue weighted by atomic mass is 10.1. The van der Waals surface area contributed by atoms with Gasteiger partial charge in [-0.2, -0.15) is 0 Å². The predicted molar refractivity (Wildman–Crippen MR) is 69.8 cm³/mol. The smallest absolute Gasteiger partial charge is 0.146 e. The van der Waals surface area contributed by atoms with Gasteiger partial charge in [0.15, 0.2) is 0 Å². The minimum Gasteiger partial charge on any atom is -0.382 e. The summed E-state index contributed by atoms with van der Waals surface area (Å²) in [4.78, 5) is 8.02. The van der Waals surface area contributed by atoms with Crippen LogP contribution in [-0.4, -0.2) is 16.5 Å². The van der Waals surface area contributed by atoms with Gasteiger partial charge in [-0.1, -0.05) is 6.07 Å². The monoisotopic (exact) mass is 246 g/mol. The van der Waals surface area contributed by atoms with E-state index in [1.54, 1.807) is 12.3 Å². The third-order valence-corrected chi connectivity index (χ3v) is 2.66. The van der Waals surface area contributed by atoms with E-state index >= 15 is 0 Å². The summed E-state index contributed by atoms with van der Waals surface area (Å²) in [6, 6.07) is 4.82. The number of hydrogen-bond donors (Lipinski definition) is 2. The largest absolute Gasteiger partial charge is 0.382 e. The highest BCUT2D eigenvalue weighted by atomic mass is 19.1. The van der Waals surface area contributed by atoms with E-state index in [2.05, 4.69) is 15.3 Å². The number of aryl methyl sites for hydroxylation is 1. The molecular weight excluding hydrogens is 231 g/mol. The molecule has 0 unspecified atom stereocenters. The van der Waals surface area contributed by atoms with E-state index < -0.39 is 0 Å². The van der Waals surface area contributed by atoms with Crippen molar-refractivity contribution in [2.24, 2.45) is 0 Å². The first-order chi connectivity index (χ1) is 8.65. The second kappa shape index (κ2) is 5.44. The lowest BCUT2D eigenvalue weighted by Crippen LogP contribution is -2.08. The van der Waals surface area contributed by atoms with Crippen LogP contribution in [0.25, 0.3) is 0 Å². The number of aromatic nitrogens is 2. The van der Waals surface area contributed by atoms with E-state index in [0.29, 0.717) is 18.2 Å². The van der Waals surface area contributed by atoms with E-state index in [0.717, 1.165) is 17.5 Å². The van der Waals surface area contributed by atoms with E-state index in [1.165, 1.54) is 18.3 Å². The van der Waals surface area contributed by atoms with E-state index in [4.69, 9.17) is 5.73 Å². The zero-order valence-corrected chi connectivity index (χ0v) is 10.2. The van der Waals surface area contributed by atoms with Crippen LogP contribution in [0.2, 0.25) is 0 Å². The number of nitrogens with zero attached hydrogens (tertiary/aromatic N) is 2. The fourth-order valence-corrected chi connectivity index (χ4v) is 1.73. The summed E-state index contributed by atoms with van der Waals surface area (Å²) in [6.07, 6.45) is 3.91. The van der Waals surface area contributed by atoms with Crippen LogP contribution in [0.1, 0.15) is 11.1 Å². The topological polar surface area (TPSA) is 63.8 Å². The lowest BCUT2D eigenvalue weighted by Gasteiger charge is -2.08. The van der Waals surface area contributed by atoms with Crippen molar-refractivity contribution in [3.63, 3.8) is 0 Å². The van der Waals surface area contributed by atoms with E-state index in [9.17, 15) is 4.39 Å². The Balaban J connectivity index is 1.92. The van der Waals surface area contributed by atoms with Crippen molar-refractivity contribution < 1.29 is 4.39 Å². The molecular formula is C13H15FN4. The molecule has 18 heavy (non-hydrogen) atoms. The summed E-state index contributed by atoms with van der Waals surface area (Å²) in [5.74, 6) is 0.832. The summed E-state index contributed by atoms with van der Waals surface area (Å²) in [7, 11) is 0. The van der Waals surface area contributed by atoms with Crippen molar-refractivity contribution in [2.75, 3.05) is 17.6 Å². The molecule has 2 aromatic rings. The molecule has 0 saturated heterocycles. The van der Waals surface area contributed by atoms with Crippen LogP contribution in [0, 0.1) is 12.7 Å². The number of nitrogens with two attached hydrogens (primary N) is 1. The van der Waals surface area contributed by atoms with Crippen LogP contribution in [0.5, 0.6) is 0 Å². The van der Waals surface area contributed by atoms with Gasteiger partial charge < -0.3 is 11.1 Å². The number of rotatable bonds is 4. The first-order valence-electron chi connectivity index (χ1n) is 5.71. The Morgan fingerprint density at radius 3 is 2.89 bits per heavy atom. The molecule has 0 amide bonds. The summed E-state index contributed by atoms with van der Waals surface area (Å²) >= 11 is 0. The summed E-state index contributed by atoms with van der Waals surface area (Å²) in [5, 5.41) is 3.13. The maximum Gasteiger partial charge on any atom is 0.146 e. The SMILES string of the molecule is Cc1cc(F)ccc1CCNc1cncc(N)n1. The minimum absolute atomic E-state index is 0.203. The quantitative estimate of drug-likeness (QED) is 0.867. The molecule has 0 spiro atoms. The minimum atomic E-state index is -0.203. The zero-order valence-electron chi connectivity index (χ0n) is 10.2. The number of anilines is 2. The molecule has 0 aliphatic rings. The zero-order chi connectivity index (χ0) is 13.0. The van der Waals surface area contributed by atoms with Gasteiger partial charge in [0.05, 0.1) is 12.4 Å². The van der Waals surface area contributed by atoms with Crippen LogP contribution < -0.4 is 11.1 Å². The molecule has 0 bridgehead atoms. The van der Waals surface area contributed by atoms with Gasteiger partial charge in [-0.3, -0.25) is 4.98 Å². The predicted octanol–water partition coefficient (Wildman–Crippen LogP) is 2.16. The third kappa shape index (κ3) is 3.16. The van der Waals surface area contributed by atoms with Crippen LogP contribution in [0.15, 0.2) is 30.6 Å². The molecule has 94 valence electrons. The Hall–Kier alpha value is -2.17. The normalized spacial score (nSPS) is 10.3. The summed E-state index contributed by atoms with van der Waals surface area (Å²) < 4.78 is 12.9. The highest BCUT2D eigenvalue weighted by molar-refractivity contribution is 5.38. The second-order valence-electron chi connectivity index (χ2n) is 4.08. The number of halogens is 1. The Morgan fingerprint density at radius 1 is 1.33 bits per heavy atom. The lowest BCUT2D eigenvalue weighted by molar-refractivity contribution is 0.625. The maximum atomic E-state index is 12.9.